The van der Waals surface area contributed by atoms with E-state index in [9.17, 15) is 0 Å². The van der Waals surface area contributed by atoms with Gasteiger partial charge in [0.1, 0.15) is 0 Å². The minimum Gasteiger partial charge on any atom is -0.256 e. The van der Waals surface area contributed by atoms with Crippen LogP contribution in [0.1, 0.15) is 0 Å². The Morgan fingerprint density at radius 3 is 1.68 bits per heavy atom. The Kier molecular flexibility index (Phi) is 5.21. The van der Waals surface area contributed by atoms with E-state index in [0.29, 0.717) is 0 Å². The number of benzene rings is 7. The van der Waals surface area contributed by atoms with E-state index in [1.165, 1.54) is 65.3 Å². The van der Waals surface area contributed by atoms with Crippen LogP contribution in [0.3, 0.4) is 0 Å². The molecule has 0 N–H and O–H groups in total. The summed E-state index contributed by atoms with van der Waals surface area (Å²) in [6.45, 7) is 0. The minimum absolute atomic E-state index is 0.996. The van der Waals surface area contributed by atoms with Crippen LogP contribution in [-0.2, 0) is 0 Å². The number of pyridine rings is 1. The van der Waals surface area contributed by atoms with Gasteiger partial charge < -0.3 is 0 Å². The Bertz CT molecular complexity index is 2210. The lowest BCUT2D eigenvalue weighted by atomic mass is 9.91. The first-order chi connectivity index (χ1) is 19.8. The molecule has 186 valence electrons. The molecule has 0 radical (unpaired) electrons. The van der Waals surface area contributed by atoms with Crippen molar-refractivity contribution in [2.45, 2.75) is 0 Å². The maximum atomic E-state index is 4.53. The molecule has 1 aromatic heterocycles. The summed E-state index contributed by atoms with van der Waals surface area (Å²) >= 11 is 0. The lowest BCUT2D eigenvalue weighted by Crippen LogP contribution is -1.86. The third-order valence-corrected chi connectivity index (χ3v) is 8.05. The molecule has 0 saturated carbocycles. The predicted molar refractivity (Wildman–Crippen MR) is 171 cm³/mol. The number of rotatable bonds is 3. The molecular weight excluding hydrogens is 482 g/mol. The fraction of sp³-hybridized carbons (Fsp3) is 0. The highest BCUT2D eigenvalue weighted by molar-refractivity contribution is 6.14. The second-order valence-electron chi connectivity index (χ2n) is 10.5. The second-order valence-corrected chi connectivity index (χ2v) is 10.5. The van der Waals surface area contributed by atoms with Crippen molar-refractivity contribution in [1.29, 1.82) is 0 Å². The topological polar surface area (TPSA) is 12.9 Å². The highest BCUT2D eigenvalue weighted by Crippen LogP contribution is 2.37. The van der Waals surface area contributed by atoms with Crippen LogP contribution in [0.2, 0.25) is 0 Å². The lowest BCUT2D eigenvalue weighted by Gasteiger charge is -2.12. The van der Waals surface area contributed by atoms with Crippen LogP contribution in [0, 0.1) is 0 Å². The van der Waals surface area contributed by atoms with E-state index in [2.05, 4.69) is 138 Å². The number of fused-ring (bicyclic) bond motifs is 5. The van der Waals surface area contributed by atoms with Gasteiger partial charge in [-0.25, -0.2) is 0 Å². The van der Waals surface area contributed by atoms with E-state index in [1.807, 2.05) is 18.3 Å². The van der Waals surface area contributed by atoms with E-state index < -0.39 is 0 Å². The molecule has 0 fully saturated rings. The van der Waals surface area contributed by atoms with Gasteiger partial charge in [0.25, 0.3) is 0 Å². The molecule has 0 unspecified atom stereocenters. The Morgan fingerprint density at radius 2 is 0.900 bits per heavy atom. The average Bonchev–Trinajstić information content (AvgIpc) is 3.04. The molecule has 0 atom stereocenters. The molecule has 0 aliphatic rings. The highest BCUT2D eigenvalue weighted by atomic mass is 14.7. The van der Waals surface area contributed by atoms with Gasteiger partial charge in [-0.2, -0.15) is 0 Å². The van der Waals surface area contributed by atoms with E-state index >= 15 is 0 Å². The number of hydrogen-bond acceptors (Lipinski definition) is 1. The van der Waals surface area contributed by atoms with Gasteiger partial charge in [0.15, 0.2) is 0 Å². The summed E-state index contributed by atoms with van der Waals surface area (Å²) in [7, 11) is 0. The van der Waals surface area contributed by atoms with E-state index in [0.717, 1.165) is 11.3 Å². The number of aromatic nitrogens is 1. The van der Waals surface area contributed by atoms with E-state index in [-0.39, 0.29) is 0 Å². The first-order valence-electron chi connectivity index (χ1n) is 13.7. The summed E-state index contributed by atoms with van der Waals surface area (Å²) < 4.78 is 0. The first kappa shape index (κ1) is 22.7. The van der Waals surface area contributed by atoms with Crippen LogP contribution in [0.15, 0.2) is 152 Å². The zero-order valence-corrected chi connectivity index (χ0v) is 21.9. The standard InChI is InChI=1S/C39H25N/c1-2-8-35-31(7-1)25-38(37-10-4-3-9-36(35)37)32-18-17-28-21-27(15-16-29(28)22-32)30-14-12-26-13-19-33(24-34(26)23-30)39-11-5-6-20-40-39/h1-25H. The summed E-state index contributed by atoms with van der Waals surface area (Å²) in [5, 5.41) is 10.1. The zero-order valence-electron chi connectivity index (χ0n) is 21.9. The SMILES string of the molecule is c1ccc(-c2ccc3ccc(-c4ccc5cc(-c6cc7ccccc7c7ccccc67)ccc5c4)cc3c2)nc1. The molecule has 0 aliphatic heterocycles. The monoisotopic (exact) mass is 507 g/mol. The average molecular weight is 508 g/mol. The maximum absolute atomic E-state index is 4.53. The van der Waals surface area contributed by atoms with Crippen LogP contribution >= 0.6 is 0 Å². The Labute approximate surface area is 233 Å². The molecule has 0 aliphatic carbocycles. The van der Waals surface area contributed by atoms with Crippen molar-refractivity contribution in [3.63, 3.8) is 0 Å². The van der Waals surface area contributed by atoms with Crippen LogP contribution in [0.4, 0.5) is 0 Å². The van der Waals surface area contributed by atoms with Gasteiger partial charge in [-0.15, -0.1) is 0 Å². The molecule has 0 amide bonds. The quantitative estimate of drug-likeness (QED) is 0.217. The molecule has 40 heavy (non-hydrogen) atoms. The first-order valence-corrected chi connectivity index (χ1v) is 13.7. The summed E-state index contributed by atoms with van der Waals surface area (Å²) in [6.07, 6.45) is 1.85. The summed E-state index contributed by atoms with van der Waals surface area (Å²) in [6, 6.07) is 52.8. The van der Waals surface area contributed by atoms with E-state index in [4.69, 9.17) is 0 Å². The van der Waals surface area contributed by atoms with Crippen molar-refractivity contribution in [2.24, 2.45) is 0 Å². The van der Waals surface area contributed by atoms with Gasteiger partial charge in [0.05, 0.1) is 5.69 Å². The molecule has 8 rings (SSSR count). The fourth-order valence-corrected chi connectivity index (χ4v) is 6.01. The van der Waals surface area contributed by atoms with Crippen molar-refractivity contribution in [2.75, 3.05) is 0 Å². The lowest BCUT2D eigenvalue weighted by molar-refractivity contribution is 1.33. The number of hydrogen-bond donors (Lipinski definition) is 0. The third-order valence-electron chi connectivity index (χ3n) is 8.05. The van der Waals surface area contributed by atoms with Crippen LogP contribution < -0.4 is 0 Å². The third kappa shape index (κ3) is 3.83. The van der Waals surface area contributed by atoms with Gasteiger partial charge in [-0.1, -0.05) is 103 Å². The van der Waals surface area contributed by atoms with Gasteiger partial charge in [-0.3, -0.25) is 4.98 Å². The Morgan fingerprint density at radius 1 is 0.325 bits per heavy atom. The van der Waals surface area contributed by atoms with Gasteiger partial charge in [0, 0.05) is 11.8 Å². The minimum atomic E-state index is 0.996. The smallest absolute Gasteiger partial charge is 0.0702 e. The van der Waals surface area contributed by atoms with Gasteiger partial charge in [0.2, 0.25) is 0 Å². The summed E-state index contributed by atoms with van der Waals surface area (Å²) in [5.74, 6) is 0. The molecule has 7 aromatic carbocycles. The second kappa shape index (κ2) is 9.18. The zero-order chi connectivity index (χ0) is 26.5. The van der Waals surface area contributed by atoms with Crippen molar-refractivity contribution in [3.8, 4) is 33.5 Å². The van der Waals surface area contributed by atoms with Crippen molar-refractivity contribution in [1.82, 2.24) is 4.98 Å². The predicted octanol–water partition coefficient (Wildman–Crippen LogP) is 10.7. The largest absolute Gasteiger partial charge is 0.256 e. The Balaban J connectivity index is 1.21. The normalized spacial score (nSPS) is 11.5. The van der Waals surface area contributed by atoms with E-state index in [1.54, 1.807) is 0 Å². The van der Waals surface area contributed by atoms with Crippen LogP contribution in [0.25, 0.3) is 76.6 Å². The van der Waals surface area contributed by atoms with Crippen LogP contribution in [-0.4, -0.2) is 4.98 Å². The molecule has 1 heteroatoms. The molecule has 8 aromatic rings. The summed E-state index contributed by atoms with van der Waals surface area (Å²) in [5.41, 5.74) is 7.10. The molecule has 1 heterocycles. The van der Waals surface area contributed by atoms with Crippen LogP contribution in [0.5, 0.6) is 0 Å². The fourth-order valence-electron chi connectivity index (χ4n) is 6.01. The van der Waals surface area contributed by atoms with Crippen molar-refractivity contribution < 1.29 is 0 Å². The highest BCUT2D eigenvalue weighted by Gasteiger charge is 2.10. The molecular formula is C39H25N. The maximum Gasteiger partial charge on any atom is 0.0702 e. The van der Waals surface area contributed by atoms with Crippen molar-refractivity contribution >= 4 is 43.1 Å². The van der Waals surface area contributed by atoms with Gasteiger partial charge in [-0.05, 0) is 108 Å². The number of nitrogens with zero attached hydrogens (tertiary/aromatic N) is 1. The molecule has 1 nitrogen and oxygen atoms in total. The summed E-state index contributed by atoms with van der Waals surface area (Å²) in [4.78, 5) is 4.53. The molecule has 0 saturated heterocycles. The van der Waals surface area contributed by atoms with Crippen molar-refractivity contribution in [3.05, 3.63) is 152 Å². The Hall–Kier alpha value is -5.27. The molecule has 0 bridgehead atoms. The van der Waals surface area contributed by atoms with Gasteiger partial charge >= 0.3 is 0 Å². The molecule has 0 spiro atoms.